The van der Waals surface area contributed by atoms with Crippen LogP contribution in [0, 0.1) is 0 Å². The maximum absolute atomic E-state index is 12.5. The van der Waals surface area contributed by atoms with Gasteiger partial charge in [-0.2, -0.15) is 0 Å². The highest BCUT2D eigenvalue weighted by Gasteiger charge is 2.15. The fourth-order valence-corrected chi connectivity index (χ4v) is 4.01. The number of hydrogen-bond donors (Lipinski definition) is 1. The highest BCUT2D eigenvalue weighted by molar-refractivity contribution is 9.10. The van der Waals surface area contributed by atoms with Crippen LogP contribution in [0.5, 0.6) is 0 Å². The van der Waals surface area contributed by atoms with Gasteiger partial charge < -0.3 is 0 Å². The van der Waals surface area contributed by atoms with Gasteiger partial charge in [0.1, 0.15) is 6.33 Å². The predicted molar refractivity (Wildman–Crippen MR) is 106 cm³/mol. The van der Waals surface area contributed by atoms with E-state index in [0.717, 1.165) is 15.7 Å². The molecule has 3 aromatic carbocycles. The zero-order valence-electron chi connectivity index (χ0n) is 13.5. The van der Waals surface area contributed by atoms with E-state index in [0.29, 0.717) is 11.2 Å². The molecule has 26 heavy (non-hydrogen) atoms. The molecule has 4 rings (SSSR count). The van der Waals surface area contributed by atoms with Crippen LogP contribution in [0.25, 0.3) is 16.7 Å². The van der Waals surface area contributed by atoms with Crippen molar-refractivity contribution in [2.45, 2.75) is 4.90 Å². The van der Waals surface area contributed by atoms with E-state index in [1.54, 1.807) is 42.7 Å². The van der Waals surface area contributed by atoms with Crippen LogP contribution in [0.3, 0.4) is 0 Å². The largest absolute Gasteiger partial charge is 0.299 e. The molecule has 130 valence electrons. The first-order chi connectivity index (χ1) is 12.5. The average Bonchev–Trinajstić information content (AvgIpc) is 3.05. The first-order valence-electron chi connectivity index (χ1n) is 7.84. The summed E-state index contributed by atoms with van der Waals surface area (Å²) in [5.41, 5.74) is 3.09. The highest BCUT2D eigenvalue weighted by atomic mass is 79.9. The van der Waals surface area contributed by atoms with Gasteiger partial charge in [-0.15, -0.1) is 0 Å². The number of anilines is 1. The lowest BCUT2D eigenvalue weighted by Crippen LogP contribution is -2.12. The Balaban J connectivity index is 1.67. The third-order valence-electron chi connectivity index (χ3n) is 3.96. The van der Waals surface area contributed by atoms with Gasteiger partial charge in [-0.1, -0.05) is 34.1 Å². The smallest absolute Gasteiger partial charge is 0.261 e. The van der Waals surface area contributed by atoms with E-state index in [1.165, 1.54) is 0 Å². The fourth-order valence-electron chi connectivity index (χ4n) is 2.70. The van der Waals surface area contributed by atoms with Gasteiger partial charge in [0.25, 0.3) is 10.0 Å². The van der Waals surface area contributed by atoms with E-state index in [9.17, 15) is 8.42 Å². The predicted octanol–water partition coefficient (Wildman–Crippen LogP) is 4.59. The lowest BCUT2D eigenvalue weighted by atomic mass is 10.2. The molecule has 0 saturated carbocycles. The van der Waals surface area contributed by atoms with Gasteiger partial charge in [-0.05, 0) is 54.6 Å². The molecule has 1 N–H and O–H groups in total. The monoisotopic (exact) mass is 427 g/mol. The van der Waals surface area contributed by atoms with E-state index in [4.69, 9.17) is 0 Å². The van der Waals surface area contributed by atoms with Crippen LogP contribution in [0.4, 0.5) is 5.69 Å². The molecule has 0 amide bonds. The number of aromatic nitrogens is 2. The Hall–Kier alpha value is -2.64. The van der Waals surface area contributed by atoms with Crippen LogP contribution >= 0.6 is 15.9 Å². The summed E-state index contributed by atoms with van der Waals surface area (Å²) in [6, 6.07) is 21.7. The van der Waals surface area contributed by atoms with Gasteiger partial charge in [-0.25, -0.2) is 13.4 Å². The first kappa shape index (κ1) is 16.8. The van der Waals surface area contributed by atoms with E-state index >= 15 is 0 Å². The molecule has 0 bridgehead atoms. The van der Waals surface area contributed by atoms with Gasteiger partial charge in [0, 0.05) is 10.2 Å². The minimum absolute atomic E-state index is 0.204. The molecule has 7 heteroatoms. The normalized spacial score (nSPS) is 11.6. The molecule has 0 spiro atoms. The van der Waals surface area contributed by atoms with Gasteiger partial charge in [0.15, 0.2) is 0 Å². The van der Waals surface area contributed by atoms with Crippen molar-refractivity contribution < 1.29 is 8.42 Å². The second-order valence-corrected chi connectivity index (χ2v) is 8.31. The van der Waals surface area contributed by atoms with E-state index in [-0.39, 0.29) is 4.90 Å². The number of rotatable bonds is 4. The summed E-state index contributed by atoms with van der Waals surface area (Å²) in [5.74, 6) is 0. The first-order valence-corrected chi connectivity index (χ1v) is 10.1. The molecule has 0 saturated heterocycles. The fraction of sp³-hybridized carbons (Fsp3) is 0. The van der Waals surface area contributed by atoms with Crippen molar-refractivity contribution in [1.82, 2.24) is 9.55 Å². The second-order valence-electron chi connectivity index (χ2n) is 5.71. The number of benzene rings is 3. The summed E-state index contributed by atoms with van der Waals surface area (Å²) in [6.07, 6.45) is 1.73. The number of fused-ring (bicyclic) bond motifs is 1. The lowest BCUT2D eigenvalue weighted by molar-refractivity contribution is 0.601. The number of hydrogen-bond acceptors (Lipinski definition) is 3. The third kappa shape index (κ3) is 3.23. The molecule has 4 aromatic rings. The molecule has 0 atom stereocenters. The number of sulfonamides is 1. The minimum Gasteiger partial charge on any atom is -0.299 e. The van der Waals surface area contributed by atoms with Crippen molar-refractivity contribution in [2.24, 2.45) is 0 Å². The molecule has 0 fully saturated rings. The molecular weight excluding hydrogens is 414 g/mol. The topological polar surface area (TPSA) is 64.0 Å². The third-order valence-corrected chi connectivity index (χ3v) is 5.88. The standard InChI is InChI=1S/C19H14BrN3O2S/c20-14-6-9-17(10-7-14)26(24,25)22-15-8-11-19-18(12-15)21-13-23(19)16-4-2-1-3-5-16/h1-13,22H. The number of nitrogens with zero attached hydrogens (tertiary/aromatic N) is 2. The number of imidazole rings is 1. The molecule has 1 heterocycles. The summed E-state index contributed by atoms with van der Waals surface area (Å²) >= 11 is 3.30. The Morgan fingerprint density at radius 1 is 0.923 bits per heavy atom. The Labute approximate surface area is 159 Å². The summed E-state index contributed by atoms with van der Waals surface area (Å²) in [6.45, 7) is 0. The molecule has 5 nitrogen and oxygen atoms in total. The van der Waals surface area contributed by atoms with Crippen molar-refractivity contribution in [3.05, 3.63) is 83.6 Å². The van der Waals surface area contributed by atoms with E-state index in [2.05, 4.69) is 25.6 Å². The molecule has 0 aliphatic heterocycles. The summed E-state index contributed by atoms with van der Waals surface area (Å²) < 4.78 is 30.4. The van der Waals surface area contributed by atoms with E-state index in [1.807, 2.05) is 41.0 Å². The van der Waals surface area contributed by atoms with Crippen molar-refractivity contribution >= 4 is 42.7 Å². The van der Waals surface area contributed by atoms with Crippen molar-refractivity contribution in [2.75, 3.05) is 4.72 Å². The molecule has 1 aromatic heterocycles. The summed E-state index contributed by atoms with van der Waals surface area (Å²) in [5, 5.41) is 0. The molecule has 0 radical (unpaired) electrons. The van der Waals surface area contributed by atoms with Gasteiger partial charge >= 0.3 is 0 Å². The van der Waals surface area contributed by atoms with Crippen LogP contribution in [-0.2, 0) is 10.0 Å². The van der Waals surface area contributed by atoms with Crippen LogP contribution in [0.2, 0.25) is 0 Å². The molecule has 0 aliphatic rings. The van der Waals surface area contributed by atoms with Crippen molar-refractivity contribution in [3.63, 3.8) is 0 Å². The van der Waals surface area contributed by atoms with Crippen molar-refractivity contribution in [3.8, 4) is 5.69 Å². The maximum atomic E-state index is 12.5. The Morgan fingerprint density at radius 3 is 2.38 bits per heavy atom. The van der Waals surface area contributed by atoms with Crippen LogP contribution < -0.4 is 4.72 Å². The zero-order valence-corrected chi connectivity index (χ0v) is 15.9. The Kier molecular flexibility index (Phi) is 4.26. The van der Waals surface area contributed by atoms with Crippen LogP contribution in [0.15, 0.2) is 88.5 Å². The average molecular weight is 428 g/mol. The summed E-state index contributed by atoms with van der Waals surface area (Å²) in [7, 11) is -3.65. The van der Waals surface area contributed by atoms with Crippen LogP contribution in [-0.4, -0.2) is 18.0 Å². The molecule has 0 unspecified atom stereocenters. The minimum atomic E-state index is -3.65. The Morgan fingerprint density at radius 2 is 1.65 bits per heavy atom. The van der Waals surface area contributed by atoms with Gasteiger partial charge in [-0.3, -0.25) is 9.29 Å². The lowest BCUT2D eigenvalue weighted by Gasteiger charge is -2.09. The SMILES string of the molecule is O=S(=O)(Nc1ccc2c(c1)ncn2-c1ccccc1)c1ccc(Br)cc1. The number of halogens is 1. The van der Waals surface area contributed by atoms with Gasteiger partial charge in [0.05, 0.1) is 21.6 Å². The molecule has 0 aliphatic carbocycles. The summed E-state index contributed by atoms with van der Waals surface area (Å²) in [4.78, 5) is 4.60. The van der Waals surface area contributed by atoms with Crippen molar-refractivity contribution in [1.29, 1.82) is 0 Å². The highest BCUT2D eigenvalue weighted by Crippen LogP contribution is 2.24. The van der Waals surface area contributed by atoms with Gasteiger partial charge in [0.2, 0.25) is 0 Å². The number of nitrogens with one attached hydrogen (secondary N) is 1. The van der Waals surface area contributed by atoms with E-state index < -0.39 is 10.0 Å². The zero-order chi connectivity index (χ0) is 18.1. The number of para-hydroxylation sites is 1. The Bertz CT molecular complexity index is 1170. The molecular formula is C19H14BrN3O2S. The van der Waals surface area contributed by atoms with Crippen LogP contribution in [0.1, 0.15) is 0 Å². The quantitative estimate of drug-likeness (QED) is 0.517. The second kappa shape index (κ2) is 6.59. The maximum Gasteiger partial charge on any atom is 0.261 e.